The van der Waals surface area contributed by atoms with Crippen LogP contribution in [0.3, 0.4) is 0 Å². The maximum atomic E-state index is 12.7. The van der Waals surface area contributed by atoms with Crippen LogP contribution in [0, 0.1) is 0 Å². The van der Waals surface area contributed by atoms with Gasteiger partial charge in [0.25, 0.3) is 0 Å². The van der Waals surface area contributed by atoms with Crippen molar-refractivity contribution < 1.29 is 46.7 Å². The molecule has 2 aromatic heterocycles. The van der Waals surface area contributed by atoms with Crippen molar-refractivity contribution in [2.75, 3.05) is 25.0 Å². The number of likely N-dealkylation sites (tertiary alicyclic amines) is 1. The molecule has 0 unspecified atom stereocenters. The predicted molar refractivity (Wildman–Crippen MR) is 107 cm³/mol. The first kappa shape index (κ1) is 24.4. The number of carbonyl (C=O) groups excluding carboxylic acids is 1. The van der Waals surface area contributed by atoms with Crippen molar-refractivity contribution in [2.24, 2.45) is 0 Å². The summed E-state index contributed by atoms with van der Waals surface area (Å²) in [5, 5.41) is 21.1. The first-order chi connectivity index (χ1) is 16.0. The summed E-state index contributed by atoms with van der Waals surface area (Å²) in [6.07, 6.45) is -2.94. The van der Waals surface area contributed by atoms with Crippen LogP contribution in [-0.2, 0) is 20.6 Å². The number of nitrogens with zero attached hydrogens (tertiary/aromatic N) is 3. The lowest BCUT2D eigenvalue weighted by Crippen LogP contribution is -2.48. The molecule has 0 bridgehead atoms. The number of furan rings is 1. The smallest absolute Gasteiger partial charge is 0.416 e. The lowest BCUT2D eigenvalue weighted by molar-refractivity contribution is -0.159. The zero-order chi connectivity index (χ0) is 24.9. The Morgan fingerprint density at radius 2 is 1.82 bits per heavy atom. The molecule has 1 aliphatic rings. The standard InChI is InChI=1S/C18H15F3N4O3.C2H2O4/c19-18(20,21)12-3-1-4-13(7-12)22-15(26)10-25-8-11(9-25)17-23-16(24-28-17)14-5-2-6-27-14;3-1(4)2(5)6/h1-7,11H,8-10H2,(H,22,26);(H,3,4)(H,5,6). The van der Waals surface area contributed by atoms with Crippen LogP contribution in [-0.4, -0.2) is 62.7 Å². The van der Waals surface area contributed by atoms with Gasteiger partial charge in [0.05, 0.1) is 24.3 Å². The summed E-state index contributed by atoms with van der Waals surface area (Å²) in [7, 11) is 0. The van der Waals surface area contributed by atoms with Gasteiger partial charge in [0.1, 0.15) is 0 Å². The van der Waals surface area contributed by atoms with Crippen LogP contribution < -0.4 is 5.32 Å². The fourth-order valence-electron chi connectivity index (χ4n) is 2.94. The molecule has 1 aliphatic heterocycles. The fourth-order valence-corrected chi connectivity index (χ4v) is 2.94. The number of aromatic nitrogens is 2. The maximum Gasteiger partial charge on any atom is 0.416 e. The van der Waals surface area contributed by atoms with E-state index in [-0.39, 0.29) is 24.1 Å². The predicted octanol–water partition coefficient (Wildman–Crippen LogP) is 2.54. The number of hydrogen-bond acceptors (Lipinski definition) is 8. The molecule has 3 heterocycles. The van der Waals surface area contributed by atoms with Crippen molar-refractivity contribution in [3.63, 3.8) is 0 Å². The molecule has 0 aliphatic carbocycles. The Bertz CT molecular complexity index is 1140. The Kier molecular flexibility index (Phi) is 7.31. The Labute approximate surface area is 188 Å². The molecule has 0 spiro atoms. The monoisotopic (exact) mass is 482 g/mol. The average molecular weight is 482 g/mol. The molecule has 0 radical (unpaired) electrons. The normalized spacial score (nSPS) is 14.0. The van der Waals surface area contributed by atoms with Crippen molar-refractivity contribution in [2.45, 2.75) is 12.1 Å². The van der Waals surface area contributed by atoms with Gasteiger partial charge >= 0.3 is 18.1 Å². The number of anilines is 1. The zero-order valence-electron chi connectivity index (χ0n) is 17.2. The van der Waals surface area contributed by atoms with E-state index in [1.165, 1.54) is 18.4 Å². The van der Waals surface area contributed by atoms with Crippen LogP contribution in [0.2, 0.25) is 0 Å². The van der Waals surface area contributed by atoms with Crippen LogP contribution in [0.4, 0.5) is 18.9 Å². The Balaban J connectivity index is 0.000000481. The molecule has 180 valence electrons. The number of alkyl halides is 3. The highest BCUT2D eigenvalue weighted by Crippen LogP contribution is 2.31. The number of carbonyl (C=O) groups is 3. The van der Waals surface area contributed by atoms with Crippen LogP contribution in [0.1, 0.15) is 17.4 Å². The van der Waals surface area contributed by atoms with Gasteiger partial charge in [-0.15, -0.1) is 0 Å². The Morgan fingerprint density at radius 3 is 2.41 bits per heavy atom. The quantitative estimate of drug-likeness (QED) is 0.461. The topological polar surface area (TPSA) is 159 Å². The lowest BCUT2D eigenvalue weighted by atomic mass is 10.0. The first-order valence-electron chi connectivity index (χ1n) is 9.56. The molecule has 14 heteroatoms. The lowest BCUT2D eigenvalue weighted by Gasteiger charge is -2.36. The van der Waals surface area contributed by atoms with Crippen LogP contribution in [0.5, 0.6) is 0 Å². The van der Waals surface area contributed by atoms with Gasteiger partial charge in [0.15, 0.2) is 5.76 Å². The fraction of sp³-hybridized carbons (Fsp3) is 0.250. The third kappa shape index (κ3) is 6.41. The minimum absolute atomic E-state index is 0.00225. The summed E-state index contributed by atoms with van der Waals surface area (Å²) in [5.41, 5.74) is -0.699. The molecular weight excluding hydrogens is 465 g/mol. The molecule has 34 heavy (non-hydrogen) atoms. The summed E-state index contributed by atoms with van der Waals surface area (Å²) in [6, 6.07) is 7.98. The van der Waals surface area contributed by atoms with Gasteiger partial charge in [-0.1, -0.05) is 11.2 Å². The second-order valence-corrected chi connectivity index (χ2v) is 7.06. The second kappa shape index (κ2) is 10.2. The number of nitrogens with one attached hydrogen (secondary N) is 1. The van der Waals surface area contributed by atoms with Crippen molar-refractivity contribution in [1.82, 2.24) is 15.0 Å². The third-order valence-corrected chi connectivity index (χ3v) is 4.51. The zero-order valence-corrected chi connectivity index (χ0v) is 17.2. The molecule has 4 rings (SSSR count). The number of rotatable bonds is 5. The van der Waals surface area contributed by atoms with Gasteiger partial charge in [-0.25, -0.2) is 9.59 Å². The highest BCUT2D eigenvalue weighted by atomic mass is 19.4. The van der Waals surface area contributed by atoms with E-state index in [1.54, 1.807) is 12.1 Å². The summed E-state index contributed by atoms with van der Waals surface area (Å²) in [4.78, 5) is 36.4. The number of carboxylic acids is 2. The minimum Gasteiger partial charge on any atom is -0.473 e. The maximum absolute atomic E-state index is 12.7. The van der Waals surface area contributed by atoms with Gasteiger partial charge < -0.3 is 24.5 Å². The van der Waals surface area contributed by atoms with E-state index >= 15 is 0 Å². The van der Waals surface area contributed by atoms with E-state index in [0.717, 1.165) is 12.1 Å². The molecule has 3 N–H and O–H groups in total. The van der Waals surface area contributed by atoms with Crippen molar-refractivity contribution in [1.29, 1.82) is 0 Å². The van der Waals surface area contributed by atoms with Gasteiger partial charge in [0.2, 0.25) is 17.6 Å². The van der Waals surface area contributed by atoms with E-state index < -0.39 is 23.7 Å². The van der Waals surface area contributed by atoms with E-state index in [4.69, 9.17) is 28.7 Å². The molecular formula is C20H17F3N4O7. The molecule has 0 saturated carbocycles. The van der Waals surface area contributed by atoms with Crippen molar-refractivity contribution in [3.8, 4) is 11.6 Å². The summed E-state index contributed by atoms with van der Waals surface area (Å²) >= 11 is 0. The summed E-state index contributed by atoms with van der Waals surface area (Å²) in [6.45, 7) is 1.14. The molecule has 11 nitrogen and oxygen atoms in total. The van der Waals surface area contributed by atoms with E-state index in [9.17, 15) is 18.0 Å². The number of aliphatic carboxylic acids is 2. The largest absolute Gasteiger partial charge is 0.473 e. The van der Waals surface area contributed by atoms with Crippen LogP contribution in [0.25, 0.3) is 11.6 Å². The van der Waals surface area contributed by atoms with Gasteiger partial charge in [0, 0.05) is 18.8 Å². The molecule has 3 aromatic rings. The number of carboxylic acid groups (broad SMARTS) is 2. The third-order valence-electron chi connectivity index (χ3n) is 4.51. The molecule has 1 saturated heterocycles. The highest BCUT2D eigenvalue weighted by molar-refractivity contribution is 6.27. The number of benzene rings is 1. The van der Waals surface area contributed by atoms with E-state index in [2.05, 4.69) is 15.5 Å². The number of amides is 1. The summed E-state index contributed by atoms with van der Waals surface area (Å²) < 4.78 is 48.6. The van der Waals surface area contributed by atoms with Gasteiger partial charge in [-0.3, -0.25) is 9.69 Å². The summed E-state index contributed by atoms with van der Waals surface area (Å²) in [5.74, 6) is -2.71. The van der Waals surface area contributed by atoms with Crippen LogP contribution in [0.15, 0.2) is 51.6 Å². The second-order valence-electron chi connectivity index (χ2n) is 7.06. The van der Waals surface area contributed by atoms with Gasteiger partial charge in [-0.05, 0) is 30.3 Å². The number of hydrogen-bond donors (Lipinski definition) is 3. The van der Waals surface area contributed by atoms with Crippen molar-refractivity contribution >= 4 is 23.5 Å². The Hall–Kier alpha value is -4.20. The molecule has 1 aromatic carbocycles. The SMILES string of the molecule is O=C(CN1CC(c2nc(-c3ccco3)no2)C1)Nc1cccc(C(F)(F)F)c1.O=C(O)C(=O)O. The number of halogens is 3. The van der Waals surface area contributed by atoms with Crippen LogP contribution >= 0.6 is 0 Å². The van der Waals surface area contributed by atoms with E-state index in [1.807, 2.05) is 4.90 Å². The Morgan fingerprint density at radius 1 is 1.12 bits per heavy atom. The van der Waals surface area contributed by atoms with Gasteiger partial charge in [-0.2, -0.15) is 18.2 Å². The van der Waals surface area contributed by atoms with E-state index in [0.29, 0.717) is 30.6 Å². The van der Waals surface area contributed by atoms with Crippen molar-refractivity contribution in [3.05, 3.63) is 54.1 Å². The molecule has 1 fully saturated rings. The minimum atomic E-state index is -4.45. The molecule has 0 atom stereocenters. The average Bonchev–Trinajstić information content (AvgIpc) is 3.42. The first-order valence-corrected chi connectivity index (χ1v) is 9.56. The highest BCUT2D eigenvalue weighted by Gasteiger charge is 2.34. The molecule has 1 amide bonds.